The molecule has 1 atom stereocenters. The van der Waals surface area contributed by atoms with Crippen LogP contribution in [0.4, 0.5) is 11.4 Å². The lowest BCUT2D eigenvalue weighted by atomic mass is 10.2. The second-order valence-electron chi connectivity index (χ2n) is 7.48. The number of anilines is 2. The van der Waals surface area contributed by atoms with Crippen molar-refractivity contribution in [2.45, 2.75) is 17.9 Å². The molecule has 8 nitrogen and oxygen atoms in total. The third-order valence-corrected chi connectivity index (χ3v) is 7.10. The fraction of sp³-hybridized carbons (Fsp3) is 0.208. The van der Waals surface area contributed by atoms with Crippen molar-refractivity contribution in [1.29, 1.82) is 0 Å². The molecule has 1 amide bonds. The van der Waals surface area contributed by atoms with E-state index in [1.165, 1.54) is 18.5 Å². The third-order valence-electron chi connectivity index (χ3n) is 5.30. The summed E-state index contributed by atoms with van der Waals surface area (Å²) in [5.41, 5.74) is 1.74. The van der Waals surface area contributed by atoms with Crippen molar-refractivity contribution in [3.63, 3.8) is 0 Å². The van der Waals surface area contributed by atoms with E-state index < -0.39 is 22.0 Å². The maximum Gasteiger partial charge on any atom is 0.267 e. The van der Waals surface area contributed by atoms with Crippen LogP contribution in [0.3, 0.4) is 0 Å². The molecule has 1 aliphatic rings. The second kappa shape index (κ2) is 9.03. The van der Waals surface area contributed by atoms with Crippen molar-refractivity contribution < 1.29 is 27.4 Å². The Bertz CT molecular complexity index is 1270. The fourth-order valence-electron chi connectivity index (χ4n) is 3.52. The van der Waals surface area contributed by atoms with E-state index in [0.29, 0.717) is 28.6 Å². The molecule has 3 aromatic rings. The monoisotopic (exact) mass is 468 g/mol. The minimum absolute atomic E-state index is 0.140. The van der Waals surface area contributed by atoms with Gasteiger partial charge in [-0.3, -0.25) is 9.10 Å². The van der Waals surface area contributed by atoms with Crippen LogP contribution in [0.1, 0.15) is 5.56 Å². The molecule has 0 aromatic heterocycles. The molecular weight excluding hydrogens is 444 g/mol. The number of para-hydroxylation sites is 2. The fourth-order valence-corrected chi connectivity index (χ4v) is 4.99. The van der Waals surface area contributed by atoms with E-state index in [2.05, 4.69) is 5.32 Å². The second-order valence-corrected chi connectivity index (χ2v) is 9.34. The average Bonchev–Trinajstić information content (AvgIpc) is 2.83. The number of aryl methyl sites for hydroxylation is 1. The summed E-state index contributed by atoms with van der Waals surface area (Å²) >= 11 is 0. The van der Waals surface area contributed by atoms with Gasteiger partial charge in [-0.15, -0.1) is 0 Å². The van der Waals surface area contributed by atoms with Crippen LogP contribution >= 0.6 is 0 Å². The first kappa shape index (κ1) is 22.5. The largest absolute Gasteiger partial charge is 0.497 e. The Morgan fingerprint density at radius 2 is 1.76 bits per heavy atom. The van der Waals surface area contributed by atoms with Gasteiger partial charge >= 0.3 is 0 Å². The Kier molecular flexibility index (Phi) is 6.15. The van der Waals surface area contributed by atoms with Gasteiger partial charge in [0.1, 0.15) is 17.2 Å². The number of nitrogens with zero attached hydrogens (tertiary/aromatic N) is 1. The lowest BCUT2D eigenvalue weighted by Gasteiger charge is -2.34. The number of methoxy groups -OCH3 is 2. The van der Waals surface area contributed by atoms with Crippen molar-refractivity contribution in [2.24, 2.45) is 0 Å². The number of fused-ring (bicyclic) bond motifs is 1. The highest BCUT2D eigenvalue weighted by Gasteiger charge is 2.37. The number of nitrogens with one attached hydrogen (secondary N) is 1. The molecule has 9 heteroatoms. The van der Waals surface area contributed by atoms with E-state index >= 15 is 0 Å². The van der Waals surface area contributed by atoms with Crippen LogP contribution in [0.5, 0.6) is 17.2 Å². The molecule has 1 N–H and O–H groups in total. The maximum atomic E-state index is 13.5. The Labute approximate surface area is 192 Å². The summed E-state index contributed by atoms with van der Waals surface area (Å²) in [6.45, 7) is 1.70. The maximum absolute atomic E-state index is 13.5. The molecule has 1 heterocycles. The molecule has 0 unspecified atom stereocenters. The molecule has 4 rings (SSSR count). The number of ether oxygens (including phenoxy) is 3. The zero-order chi connectivity index (χ0) is 23.6. The van der Waals surface area contributed by atoms with Crippen LogP contribution in [-0.2, 0) is 14.8 Å². The van der Waals surface area contributed by atoms with E-state index in [1.807, 2.05) is 6.92 Å². The van der Waals surface area contributed by atoms with E-state index in [1.54, 1.807) is 66.7 Å². The van der Waals surface area contributed by atoms with Gasteiger partial charge in [0, 0.05) is 6.07 Å². The highest BCUT2D eigenvalue weighted by molar-refractivity contribution is 7.92. The number of sulfonamides is 1. The van der Waals surface area contributed by atoms with Gasteiger partial charge in [-0.25, -0.2) is 8.42 Å². The van der Waals surface area contributed by atoms with E-state index in [0.717, 1.165) is 5.56 Å². The van der Waals surface area contributed by atoms with Gasteiger partial charge in [-0.2, -0.15) is 0 Å². The summed E-state index contributed by atoms with van der Waals surface area (Å²) in [7, 11) is -0.910. The van der Waals surface area contributed by atoms with Gasteiger partial charge < -0.3 is 19.5 Å². The Morgan fingerprint density at radius 3 is 2.45 bits per heavy atom. The Hall–Kier alpha value is -3.72. The molecule has 3 aromatic carbocycles. The summed E-state index contributed by atoms with van der Waals surface area (Å²) < 4.78 is 44.5. The smallest absolute Gasteiger partial charge is 0.267 e. The van der Waals surface area contributed by atoms with Crippen LogP contribution in [0.15, 0.2) is 71.6 Å². The third kappa shape index (κ3) is 4.45. The molecule has 0 fully saturated rings. The molecule has 0 saturated heterocycles. The molecule has 0 radical (unpaired) electrons. The van der Waals surface area contributed by atoms with Crippen LogP contribution in [0.25, 0.3) is 0 Å². The van der Waals surface area contributed by atoms with E-state index in [-0.39, 0.29) is 11.4 Å². The number of carbonyl (C=O) groups excluding carboxylic acids is 1. The quantitative estimate of drug-likeness (QED) is 0.594. The van der Waals surface area contributed by atoms with Gasteiger partial charge in [0.25, 0.3) is 15.9 Å². The van der Waals surface area contributed by atoms with Crippen LogP contribution in [0, 0.1) is 6.92 Å². The first-order valence-electron chi connectivity index (χ1n) is 10.2. The summed E-state index contributed by atoms with van der Waals surface area (Å²) in [4.78, 5) is 13.2. The van der Waals surface area contributed by atoms with E-state index in [4.69, 9.17) is 14.2 Å². The number of benzene rings is 3. The van der Waals surface area contributed by atoms with Gasteiger partial charge in [0.2, 0.25) is 0 Å². The number of hydrogen-bond acceptors (Lipinski definition) is 6. The number of hydrogen-bond donors (Lipinski definition) is 1. The van der Waals surface area contributed by atoms with Crippen molar-refractivity contribution in [2.75, 3.05) is 30.4 Å². The number of amides is 1. The zero-order valence-electron chi connectivity index (χ0n) is 18.4. The molecule has 33 heavy (non-hydrogen) atoms. The highest BCUT2D eigenvalue weighted by Crippen LogP contribution is 2.37. The summed E-state index contributed by atoms with van der Waals surface area (Å²) in [5.74, 6) is 0.782. The molecule has 0 spiro atoms. The summed E-state index contributed by atoms with van der Waals surface area (Å²) in [6, 6.07) is 18.3. The minimum atomic E-state index is -3.92. The van der Waals surface area contributed by atoms with Crippen molar-refractivity contribution in [1.82, 2.24) is 0 Å². The Morgan fingerprint density at radius 1 is 1.03 bits per heavy atom. The van der Waals surface area contributed by atoms with Gasteiger partial charge in [-0.1, -0.05) is 29.8 Å². The predicted octanol–water partition coefficient (Wildman–Crippen LogP) is 3.61. The highest BCUT2D eigenvalue weighted by atomic mass is 32.2. The lowest BCUT2D eigenvalue weighted by molar-refractivity contribution is -0.122. The van der Waals surface area contributed by atoms with Crippen LogP contribution in [0.2, 0.25) is 0 Å². The zero-order valence-corrected chi connectivity index (χ0v) is 19.3. The molecule has 0 bridgehead atoms. The van der Waals surface area contributed by atoms with Crippen LogP contribution in [-0.4, -0.2) is 41.2 Å². The SMILES string of the molecule is COc1ccc(NC(=O)[C@@H]2CN(S(=O)(=O)c3ccc(C)cc3)c3ccccc3O2)c(OC)c1. The standard InChI is InChI=1S/C24H24N2O6S/c1-16-8-11-18(12-9-16)33(28,29)26-15-23(32-21-7-5-4-6-20(21)26)24(27)25-19-13-10-17(30-2)14-22(19)31-3/h4-14,23H,15H2,1-3H3,(H,25,27)/t23-/m0/s1. The first-order chi connectivity index (χ1) is 15.8. The lowest BCUT2D eigenvalue weighted by Crippen LogP contribution is -2.48. The van der Waals surface area contributed by atoms with Gasteiger partial charge in [0.15, 0.2) is 6.10 Å². The Balaban J connectivity index is 1.65. The molecule has 0 saturated carbocycles. The van der Waals surface area contributed by atoms with Gasteiger partial charge in [-0.05, 0) is 43.3 Å². The number of carbonyl (C=O) groups is 1. The summed E-state index contributed by atoms with van der Waals surface area (Å²) in [5, 5.41) is 2.77. The van der Waals surface area contributed by atoms with E-state index in [9.17, 15) is 13.2 Å². The van der Waals surface area contributed by atoms with Crippen molar-refractivity contribution >= 4 is 27.3 Å². The topological polar surface area (TPSA) is 94.2 Å². The number of rotatable bonds is 6. The minimum Gasteiger partial charge on any atom is -0.497 e. The average molecular weight is 469 g/mol. The van der Waals surface area contributed by atoms with Crippen molar-refractivity contribution in [3.05, 3.63) is 72.3 Å². The molecular formula is C24H24N2O6S. The molecule has 1 aliphatic heterocycles. The predicted molar refractivity (Wildman–Crippen MR) is 125 cm³/mol. The van der Waals surface area contributed by atoms with Gasteiger partial charge in [0.05, 0.1) is 37.0 Å². The normalized spacial score (nSPS) is 15.2. The molecule has 0 aliphatic carbocycles. The first-order valence-corrected chi connectivity index (χ1v) is 11.7. The van der Waals surface area contributed by atoms with Crippen molar-refractivity contribution in [3.8, 4) is 17.2 Å². The van der Waals surface area contributed by atoms with Crippen LogP contribution < -0.4 is 23.8 Å². The summed E-state index contributed by atoms with van der Waals surface area (Å²) in [6.07, 6.45) is -1.08. The molecule has 172 valence electrons.